The minimum Gasteiger partial charge on any atom is -0.354 e. The fourth-order valence-electron chi connectivity index (χ4n) is 2.67. The van der Waals surface area contributed by atoms with Crippen molar-refractivity contribution in [3.63, 3.8) is 0 Å². The SMILES string of the molecule is O=C(CCN1CCN(c2ccccn2)CC1)c1cccnc1. The summed E-state index contributed by atoms with van der Waals surface area (Å²) in [7, 11) is 0. The van der Waals surface area contributed by atoms with E-state index in [1.807, 2.05) is 30.5 Å². The highest BCUT2D eigenvalue weighted by Gasteiger charge is 2.18. The van der Waals surface area contributed by atoms with Gasteiger partial charge in [-0.05, 0) is 24.3 Å². The molecule has 0 N–H and O–H groups in total. The van der Waals surface area contributed by atoms with Crippen LogP contribution in [0.2, 0.25) is 0 Å². The quantitative estimate of drug-likeness (QED) is 0.788. The lowest BCUT2D eigenvalue weighted by atomic mass is 10.1. The number of ketones is 1. The zero-order valence-corrected chi connectivity index (χ0v) is 12.6. The largest absolute Gasteiger partial charge is 0.354 e. The lowest BCUT2D eigenvalue weighted by molar-refractivity contribution is 0.0962. The standard InChI is InChI=1S/C17H20N4O/c22-16(15-4-3-7-18-14-15)6-9-20-10-12-21(13-11-20)17-5-1-2-8-19-17/h1-5,7-8,14H,6,9-13H2. The zero-order valence-electron chi connectivity index (χ0n) is 12.6. The van der Waals surface area contributed by atoms with Crippen molar-refractivity contribution in [3.8, 4) is 0 Å². The van der Waals surface area contributed by atoms with Crippen LogP contribution in [0.4, 0.5) is 5.82 Å². The molecule has 0 saturated carbocycles. The Morgan fingerprint density at radius 3 is 2.59 bits per heavy atom. The van der Waals surface area contributed by atoms with Gasteiger partial charge in [-0.2, -0.15) is 0 Å². The van der Waals surface area contributed by atoms with Gasteiger partial charge in [0.25, 0.3) is 0 Å². The number of carbonyl (C=O) groups is 1. The second kappa shape index (κ2) is 7.13. The average molecular weight is 296 g/mol. The molecule has 0 aliphatic carbocycles. The first-order valence-electron chi connectivity index (χ1n) is 7.64. The third-order valence-electron chi connectivity index (χ3n) is 3.98. The van der Waals surface area contributed by atoms with Crippen LogP contribution in [-0.2, 0) is 0 Å². The predicted octanol–water partition coefficient (Wildman–Crippen LogP) is 1.87. The van der Waals surface area contributed by atoms with E-state index in [9.17, 15) is 4.79 Å². The van der Waals surface area contributed by atoms with Gasteiger partial charge >= 0.3 is 0 Å². The number of pyridine rings is 2. The molecule has 1 saturated heterocycles. The molecule has 2 aromatic heterocycles. The summed E-state index contributed by atoms with van der Waals surface area (Å²) < 4.78 is 0. The molecular formula is C17H20N4O. The number of aromatic nitrogens is 2. The number of rotatable bonds is 5. The molecule has 114 valence electrons. The average Bonchev–Trinajstić information content (AvgIpc) is 2.61. The molecule has 22 heavy (non-hydrogen) atoms. The summed E-state index contributed by atoms with van der Waals surface area (Å²) in [6, 6.07) is 9.62. The predicted molar refractivity (Wildman–Crippen MR) is 86.1 cm³/mol. The van der Waals surface area contributed by atoms with Gasteiger partial charge in [0.05, 0.1) is 0 Å². The van der Waals surface area contributed by atoms with Crippen LogP contribution in [0.15, 0.2) is 48.9 Å². The molecule has 0 aromatic carbocycles. The topological polar surface area (TPSA) is 49.3 Å². The molecule has 5 heteroatoms. The monoisotopic (exact) mass is 296 g/mol. The molecule has 0 atom stereocenters. The van der Waals surface area contributed by atoms with Gasteiger partial charge in [-0.25, -0.2) is 4.98 Å². The smallest absolute Gasteiger partial charge is 0.165 e. The van der Waals surface area contributed by atoms with Crippen molar-refractivity contribution in [2.45, 2.75) is 6.42 Å². The lowest BCUT2D eigenvalue weighted by Gasteiger charge is -2.35. The molecule has 0 spiro atoms. The van der Waals surface area contributed by atoms with Gasteiger partial charge in [-0.3, -0.25) is 14.7 Å². The first kappa shape index (κ1) is 14.7. The third-order valence-corrected chi connectivity index (χ3v) is 3.98. The number of hydrogen-bond acceptors (Lipinski definition) is 5. The Kier molecular flexibility index (Phi) is 4.75. The molecule has 2 aromatic rings. The Balaban J connectivity index is 1.45. The number of nitrogens with zero attached hydrogens (tertiary/aromatic N) is 4. The summed E-state index contributed by atoms with van der Waals surface area (Å²) in [5.74, 6) is 1.20. The Labute approximate surface area is 130 Å². The van der Waals surface area contributed by atoms with Crippen molar-refractivity contribution in [2.24, 2.45) is 0 Å². The van der Waals surface area contributed by atoms with Gasteiger partial charge in [0.15, 0.2) is 5.78 Å². The van der Waals surface area contributed by atoms with Crippen LogP contribution >= 0.6 is 0 Å². The van der Waals surface area contributed by atoms with Crippen LogP contribution in [-0.4, -0.2) is 53.4 Å². The molecule has 1 aliphatic rings. The van der Waals surface area contributed by atoms with Crippen LogP contribution in [0.25, 0.3) is 0 Å². The Bertz CT molecular complexity index is 595. The van der Waals surface area contributed by atoms with Crippen molar-refractivity contribution >= 4 is 11.6 Å². The molecule has 0 bridgehead atoms. The lowest BCUT2D eigenvalue weighted by Crippen LogP contribution is -2.47. The van der Waals surface area contributed by atoms with Gasteiger partial charge in [0.1, 0.15) is 5.82 Å². The Morgan fingerprint density at radius 2 is 1.91 bits per heavy atom. The third kappa shape index (κ3) is 3.68. The number of piperazine rings is 1. The van der Waals surface area contributed by atoms with Crippen LogP contribution in [0.5, 0.6) is 0 Å². The van der Waals surface area contributed by atoms with E-state index in [1.54, 1.807) is 18.5 Å². The second-order valence-electron chi connectivity index (χ2n) is 5.43. The molecule has 0 unspecified atom stereocenters. The first-order chi connectivity index (χ1) is 10.8. The Hall–Kier alpha value is -2.27. The van der Waals surface area contributed by atoms with Crippen molar-refractivity contribution in [3.05, 3.63) is 54.5 Å². The minimum atomic E-state index is 0.167. The van der Waals surface area contributed by atoms with Crippen molar-refractivity contribution < 1.29 is 4.79 Å². The maximum Gasteiger partial charge on any atom is 0.165 e. The highest BCUT2D eigenvalue weighted by molar-refractivity contribution is 5.95. The highest BCUT2D eigenvalue weighted by atomic mass is 16.1. The van der Waals surface area contributed by atoms with Gasteiger partial charge in [0, 0.05) is 63.3 Å². The van der Waals surface area contributed by atoms with E-state index in [0.29, 0.717) is 12.0 Å². The van der Waals surface area contributed by atoms with Gasteiger partial charge < -0.3 is 4.90 Å². The van der Waals surface area contributed by atoms with E-state index in [0.717, 1.165) is 38.5 Å². The molecule has 3 rings (SSSR count). The number of carbonyl (C=O) groups excluding carboxylic acids is 1. The molecule has 0 amide bonds. The summed E-state index contributed by atoms with van der Waals surface area (Å²) in [4.78, 5) is 25.1. The fraction of sp³-hybridized carbons (Fsp3) is 0.353. The van der Waals surface area contributed by atoms with E-state index in [4.69, 9.17) is 0 Å². The summed E-state index contributed by atoms with van der Waals surface area (Å²) >= 11 is 0. The van der Waals surface area contributed by atoms with E-state index in [1.165, 1.54) is 0 Å². The van der Waals surface area contributed by atoms with Crippen LogP contribution in [0.1, 0.15) is 16.8 Å². The maximum absolute atomic E-state index is 12.1. The van der Waals surface area contributed by atoms with Crippen LogP contribution in [0, 0.1) is 0 Å². The summed E-state index contributed by atoms with van der Waals surface area (Å²) in [5.41, 5.74) is 0.703. The number of anilines is 1. The highest BCUT2D eigenvalue weighted by Crippen LogP contribution is 2.13. The van der Waals surface area contributed by atoms with Gasteiger partial charge in [0.2, 0.25) is 0 Å². The number of Topliss-reactive ketones (excluding diaryl/α,β-unsaturated/α-hetero) is 1. The first-order valence-corrected chi connectivity index (χ1v) is 7.64. The minimum absolute atomic E-state index is 0.167. The van der Waals surface area contributed by atoms with Crippen molar-refractivity contribution in [1.29, 1.82) is 0 Å². The van der Waals surface area contributed by atoms with E-state index in [2.05, 4.69) is 19.8 Å². The van der Waals surface area contributed by atoms with Crippen LogP contribution in [0.3, 0.4) is 0 Å². The number of hydrogen-bond donors (Lipinski definition) is 0. The van der Waals surface area contributed by atoms with Crippen LogP contribution < -0.4 is 4.90 Å². The molecule has 3 heterocycles. The normalized spacial score (nSPS) is 15.7. The second-order valence-corrected chi connectivity index (χ2v) is 5.43. The molecular weight excluding hydrogens is 276 g/mol. The Morgan fingerprint density at radius 1 is 1.05 bits per heavy atom. The van der Waals surface area contributed by atoms with Crippen molar-refractivity contribution in [2.75, 3.05) is 37.6 Å². The zero-order chi connectivity index (χ0) is 15.2. The van der Waals surface area contributed by atoms with Gasteiger partial charge in [-0.1, -0.05) is 6.07 Å². The molecule has 1 fully saturated rings. The summed E-state index contributed by atoms with van der Waals surface area (Å²) in [5, 5.41) is 0. The van der Waals surface area contributed by atoms with Gasteiger partial charge in [-0.15, -0.1) is 0 Å². The molecule has 1 aliphatic heterocycles. The molecule has 5 nitrogen and oxygen atoms in total. The van der Waals surface area contributed by atoms with Crippen molar-refractivity contribution in [1.82, 2.24) is 14.9 Å². The van der Waals surface area contributed by atoms with E-state index in [-0.39, 0.29) is 5.78 Å². The summed E-state index contributed by atoms with van der Waals surface area (Å²) in [6.45, 7) is 4.66. The molecule has 0 radical (unpaired) electrons. The fourth-order valence-corrected chi connectivity index (χ4v) is 2.67. The van der Waals surface area contributed by atoms with E-state index < -0.39 is 0 Å². The maximum atomic E-state index is 12.1. The van der Waals surface area contributed by atoms with E-state index >= 15 is 0 Å². The summed E-state index contributed by atoms with van der Waals surface area (Å²) in [6.07, 6.45) is 5.71.